The number of aromatic nitrogens is 2. The second kappa shape index (κ2) is 12.3. The van der Waals surface area contributed by atoms with Crippen molar-refractivity contribution < 1.29 is 12.9 Å². The van der Waals surface area contributed by atoms with Crippen LogP contribution >= 0.6 is 11.6 Å². The van der Waals surface area contributed by atoms with Crippen LogP contribution in [0.2, 0.25) is 5.02 Å². The summed E-state index contributed by atoms with van der Waals surface area (Å²) in [5.41, 5.74) is 1.74. The lowest BCUT2D eigenvalue weighted by Crippen LogP contribution is -2.33. The lowest BCUT2D eigenvalue weighted by Gasteiger charge is -2.19. The van der Waals surface area contributed by atoms with Gasteiger partial charge in [-0.05, 0) is 56.6 Å². The number of hydrogen-bond acceptors (Lipinski definition) is 6. The van der Waals surface area contributed by atoms with Gasteiger partial charge in [0.2, 0.25) is 21.7 Å². The first-order valence-electron chi connectivity index (χ1n) is 11.3. The van der Waals surface area contributed by atoms with Crippen LogP contribution in [0.25, 0.3) is 11.4 Å². The molecular formula is C24H31ClN4O3S. The van der Waals surface area contributed by atoms with Crippen LogP contribution in [0.15, 0.2) is 59.1 Å². The maximum Gasteiger partial charge on any atom is 0.245 e. The van der Waals surface area contributed by atoms with Crippen LogP contribution in [0.3, 0.4) is 0 Å². The molecule has 2 aromatic carbocycles. The Bertz CT molecular complexity index is 1100. The largest absolute Gasteiger partial charge is 0.337 e. The number of halogens is 1. The zero-order valence-corrected chi connectivity index (χ0v) is 20.6. The number of rotatable bonds is 13. The molecule has 0 saturated heterocycles. The monoisotopic (exact) mass is 490 g/mol. The van der Waals surface area contributed by atoms with E-state index in [1.165, 1.54) is 0 Å². The molecule has 0 unspecified atom stereocenters. The normalized spacial score (nSPS) is 12.8. The van der Waals surface area contributed by atoms with Gasteiger partial charge in [0.15, 0.2) is 0 Å². The summed E-state index contributed by atoms with van der Waals surface area (Å²) in [5.74, 6) is 0.603. The average molecular weight is 491 g/mol. The molecule has 1 heterocycles. The third kappa shape index (κ3) is 7.64. The summed E-state index contributed by atoms with van der Waals surface area (Å²) in [4.78, 5) is 6.68. The molecule has 1 atom stereocenters. The predicted molar refractivity (Wildman–Crippen MR) is 132 cm³/mol. The fourth-order valence-corrected chi connectivity index (χ4v) is 5.11. The molecular weight excluding hydrogens is 460 g/mol. The van der Waals surface area contributed by atoms with E-state index in [0.717, 1.165) is 25.2 Å². The Hall–Kier alpha value is -2.26. The summed E-state index contributed by atoms with van der Waals surface area (Å²) in [6, 6.07) is 16.5. The van der Waals surface area contributed by atoms with Gasteiger partial charge in [0, 0.05) is 5.56 Å². The first kappa shape index (κ1) is 25.4. The molecule has 7 nitrogen and oxygen atoms in total. The molecule has 3 aromatic rings. The molecule has 0 radical (unpaired) electrons. The molecule has 0 aliphatic carbocycles. The van der Waals surface area contributed by atoms with E-state index < -0.39 is 16.1 Å². The average Bonchev–Trinajstić information content (AvgIpc) is 3.30. The molecule has 0 amide bonds. The number of nitrogens with one attached hydrogen (secondary N) is 1. The molecule has 0 aliphatic rings. The topological polar surface area (TPSA) is 88.3 Å². The van der Waals surface area contributed by atoms with Gasteiger partial charge in [-0.15, -0.1) is 0 Å². The standard InChI is InChI=1S/C24H31ClN4O3S/c1-3-29(4-2)17-10-18-33(30,31)28-22(16-15-19-11-6-5-7-12-19)24-26-23(27-32-24)20-13-8-9-14-21(20)25/h5-9,11-14,22,28H,3-4,10,15-18H2,1-2H3/t22-/m1/s1. The third-order valence-electron chi connectivity index (χ3n) is 5.52. The Balaban J connectivity index is 1.76. The van der Waals surface area contributed by atoms with Crippen molar-refractivity contribution in [3.05, 3.63) is 71.1 Å². The highest BCUT2D eigenvalue weighted by Gasteiger charge is 2.25. The van der Waals surface area contributed by atoms with Crippen LogP contribution in [-0.2, 0) is 16.4 Å². The van der Waals surface area contributed by atoms with Gasteiger partial charge in [0.25, 0.3) is 0 Å². The summed E-state index contributed by atoms with van der Waals surface area (Å²) in [7, 11) is -3.54. The van der Waals surface area contributed by atoms with E-state index in [0.29, 0.717) is 35.7 Å². The van der Waals surface area contributed by atoms with Gasteiger partial charge in [0.05, 0.1) is 10.8 Å². The third-order valence-corrected chi connectivity index (χ3v) is 7.32. The second-order valence-corrected chi connectivity index (χ2v) is 10.1. The Morgan fingerprint density at radius 1 is 1.06 bits per heavy atom. The molecule has 0 spiro atoms. The summed E-state index contributed by atoms with van der Waals surface area (Å²) in [6.07, 6.45) is 1.71. The molecule has 3 rings (SSSR count). The quantitative estimate of drug-likeness (QED) is 0.373. The fraction of sp³-hybridized carbons (Fsp3) is 0.417. The first-order chi connectivity index (χ1) is 15.9. The van der Waals surface area contributed by atoms with Gasteiger partial charge < -0.3 is 9.42 Å². The lowest BCUT2D eigenvalue weighted by atomic mass is 10.1. The smallest absolute Gasteiger partial charge is 0.245 e. The SMILES string of the molecule is CCN(CC)CCCS(=O)(=O)N[C@H](CCc1ccccc1)c1nc(-c2ccccc2Cl)no1. The number of nitrogens with zero attached hydrogens (tertiary/aromatic N) is 3. The minimum Gasteiger partial charge on any atom is -0.337 e. The van der Waals surface area contributed by atoms with E-state index in [9.17, 15) is 8.42 Å². The van der Waals surface area contributed by atoms with E-state index in [4.69, 9.17) is 16.1 Å². The van der Waals surface area contributed by atoms with Crippen molar-refractivity contribution in [3.8, 4) is 11.4 Å². The molecule has 0 saturated carbocycles. The zero-order valence-electron chi connectivity index (χ0n) is 19.1. The Kier molecular flexibility index (Phi) is 9.43. The van der Waals surface area contributed by atoms with Crippen molar-refractivity contribution in [2.45, 2.75) is 39.2 Å². The number of aryl methyl sites for hydroxylation is 1. The summed E-state index contributed by atoms with van der Waals surface area (Å²) in [6.45, 7) is 6.68. The highest BCUT2D eigenvalue weighted by atomic mass is 35.5. The van der Waals surface area contributed by atoms with Crippen LogP contribution in [0.5, 0.6) is 0 Å². The van der Waals surface area contributed by atoms with Gasteiger partial charge in [-0.1, -0.05) is 73.1 Å². The maximum absolute atomic E-state index is 12.9. The van der Waals surface area contributed by atoms with Gasteiger partial charge in [-0.3, -0.25) is 0 Å². The zero-order chi connectivity index (χ0) is 23.7. The van der Waals surface area contributed by atoms with Crippen molar-refractivity contribution in [2.75, 3.05) is 25.4 Å². The summed E-state index contributed by atoms with van der Waals surface area (Å²) >= 11 is 6.26. The van der Waals surface area contributed by atoms with Crippen LogP contribution in [-0.4, -0.2) is 48.8 Å². The molecule has 33 heavy (non-hydrogen) atoms. The minimum atomic E-state index is -3.54. The molecule has 0 aliphatic heterocycles. The highest BCUT2D eigenvalue weighted by Crippen LogP contribution is 2.27. The number of benzene rings is 2. The molecule has 9 heteroatoms. The van der Waals surface area contributed by atoms with E-state index in [1.54, 1.807) is 12.1 Å². The first-order valence-corrected chi connectivity index (χ1v) is 13.3. The van der Waals surface area contributed by atoms with Crippen LogP contribution in [0.4, 0.5) is 0 Å². The van der Waals surface area contributed by atoms with E-state index in [-0.39, 0.29) is 11.6 Å². The maximum atomic E-state index is 12.9. The molecule has 1 N–H and O–H groups in total. The number of sulfonamides is 1. The van der Waals surface area contributed by atoms with Crippen LogP contribution < -0.4 is 4.72 Å². The van der Waals surface area contributed by atoms with Gasteiger partial charge in [-0.25, -0.2) is 13.1 Å². The van der Waals surface area contributed by atoms with Gasteiger partial charge in [0.1, 0.15) is 6.04 Å². The Morgan fingerprint density at radius 2 is 1.76 bits per heavy atom. The van der Waals surface area contributed by atoms with Crippen LogP contribution in [0, 0.1) is 0 Å². The molecule has 178 valence electrons. The predicted octanol–water partition coefficient (Wildman–Crippen LogP) is 4.72. The van der Waals surface area contributed by atoms with E-state index in [2.05, 4.69) is 33.6 Å². The van der Waals surface area contributed by atoms with Crippen molar-refractivity contribution in [1.82, 2.24) is 19.8 Å². The van der Waals surface area contributed by atoms with Crippen molar-refractivity contribution >= 4 is 21.6 Å². The fourth-order valence-electron chi connectivity index (χ4n) is 3.61. The van der Waals surface area contributed by atoms with Crippen molar-refractivity contribution in [3.63, 3.8) is 0 Å². The molecule has 1 aromatic heterocycles. The Morgan fingerprint density at radius 3 is 2.45 bits per heavy atom. The molecule has 0 bridgehead atoms. The second-order valence-electron chi connectivity index (χ2n) is 7.83. The minimum absolute atomic E-state index is 0.0385. The van der Waals surface area contributed by atoms with Gasteiger partial charge in [-0.2, -0.15) is 4.98 Å². The summed E-state index contributed by atoms with van der Waals surface area (Å²) in [5, 5.41) is 4.55. The van der Waals surface area contributed by atoms with Crippen LogP contribution in [0.1, 0.15) is 44.2 Å². The van der Waals surface area contributed by atoms with E-state index >= 15 is 0 Å². The van der Waals surface area contributed by atoms with Crippen molar-refractivity contribution in [2.24, 2.45) is 0 Å². The lowest BCUT2D eigenvalue weighted by molar-refractivity contribution is 0.304. The van der Waals surface area contributed by atoms with E-state index in [1.807, 2.05) is 42.5 Å². The number of hydrogen-bond donors (Lipinski definition) is 1. The Labute approximate surface area is 201 Å². The molecule has 0 fully saturated rings. The summed E-state index contributed by atoms with van der Waals surface area (Å²) < 4.78 is 34.0. The van der Waals surface area contributed by atoms with Crippen molar-refractivity contribution in [1.29, 1.82) is 0 Å². The highest BCUT2D eigenvalue weighted by molar-refractivity contribution is 7.89. The van der Waals surface area contributed by atoms with Gasteiger partial charge >= 0.3 is 0 Å².